The van der Waals surface area contributed by atoms with Gasteiger partial charge in [0.25, 0.3) is 0 Å². The molecule has 0 radical (unpaired) electrons. The van der Waals surface area contributed by atoms with Crippen LogP contribution in [0.25, 0.3) is 0 Å². The molecule has 0 amide bonds. The largest absolute Gasteiger partial charge is 0.487 e. The Labute approximate surface area is 132 Å². The predicted octanol–water partition coefficient (Wildman–Crippen LogP) is 4.19. The third-order valence-electron chi connectivity index (χ3n) is 2.73. The number of ether oxygens (including phenoxy) is 1. The second kappa shape index (κ2) is 7.62. The number of rotatable bonds is 6. The molecule has 0 aliphatic carbocycles. The van der Waals surface area contributed by atoms with Crippen LogP contribution in [0.4, 0.5) is 0 Å². The molecule has 0 aliphatic heterocycles. The van der Waals surface area contributed by atoms with E-state index in [1.165, 1.54) is 0 Å². The van der Waals surface area contributed by atoms with Crippen molar-refractivity contribution in [3.8, 4) is 5.75 Å². The molecule has 2 rings (SSSR count). The monoisotopic (exact) mass is 354 g/mol. The van der Waals surface area contributed by atoms with Crippen LogP contribution in [0.5, 0.6) is 5.75 Å². The van der Waals surface area contributed by atoms with Crippen molar-refractivity contribution in [3.63, 3.8) is 0 Å². The minimum absolute atomic E-state index is 0.443. The highest BCUT2D eigenvalue weighted by Gasteiger charge is 2.04. The maximum absolute atomic E-state index is 6.23. The zero-order valence-corrected chi connectivity index (χ0v) is 13.5. The quantitative estimate of drug-likeness (QED) is 0.844. The van der Waals surface area contributed by atoms with E-state index in [9.17, 15) is 0 Å². The molecule has 1 N–H and O–H groups in total. The molecular weight excluding hydrogens is 340 g/mol. The molecule has 2 aromatic rings. The number of aromatic nitrogens is 1. The minimum atomic E-state index is 0.443. The lowest BCUT2D eigenvalue weighted by atomic mass is 10.2. The molecule has 0 saturated heterocycles. The van der Waals surface area contributed by atoms with Crippen LogP contribution >= 0.6 is 27.5 Å². The summed E-state index contributed by atoms with van der Waals surface area (Å²) in [5.74, 6) is 0.687. The predicted molar refractivity (Wildman–Crippen MR) is 85.1 cm³/mol. The molecule has 0 unspecified atom stereocenters. The standard InChI is InChI=1S/C15H16BrClN2O/c1-2-18-7-11-3-4-15(14(17)6-11)20-10-12-5-13(16)9-19-8-12/h3-6,8-9,18H,2,7,10H2,1H3. The van der Waals surface area contributed by atoms with Gasteiger partial charge in [-0.3, -0.25) is 4.98 Å². The SMILES string of the molecule is CCNCc1ccc(OCc2cncc(Br)c2)c(Cl)c1. The van der Waals surface area contributed by atoms with Gasteiger partial charge < -0.3 is 10.1 Å². The van der Waals surface area contributed by atoms with Crippen LogP contribution in [0, 0.1) is 0 Å². The van der Waals surface area contributed by atoms with Gasteiger partial charge >= 0.3 is 0 Å². The first kappa shape index (κ1) is 15.3. The molecule has 1 heterocycles. The Balaban J connectivity index is 1.99. The highest BCUT2D eigenvalue weighted by atomic mass is 79.9. The summed E-state index contributed by atoms with van der Waals surface area (Å²) >= 11 is 9.61. The topological polar surface area (TPSA) is 34.1 Å². The molecule has 0 spiro atoms. The highest BCUT2D eigenvalue weighted by molar-refractivity contribution is 9.10. The molecule has 0 bridgehead atoms. The van der Waals surface area contributed by atoms with Crippen LogP contribution in [0.1, 0.15) is 18.1 Å². The van der Waals surface area contributed by atoms with E-state index in [0.29, 0.717) is 17.4 Å². The second-order valence-corrected chi connectivity index (χ2v) is 5.67. The first-order valence-electron chi connectivity index (χ1n) is 6.40. The average Bonchev–Trinajstić information content (AvgIpc) is 2.44. The molecule has 1 aromatic carbocycles. The van der Waals surface area contributed by atoms with E-state index < -0.39 is 0 Å². The van der Waals surface area contributed by atoms with Gasteiger partial charge in [0.1, 0.15) is 12.4 Å². The number of nitrogens with one attached hydrogen (secondary N) is 1. The molecule has 5 heteroatoms. The summed E-state index contributed by atoms with van der Waals surface area (Å²) in [5.41, 5.74) is 2.14. The normalized spacial score (nSPS) is 10.6. The van der Waals surface area contributed by atoms with Crippen molar-refractivity contribution < 1.29 is 4.74 Å². The first-order chi connectivity index (χ1) is 9.69. The molecule has 3 nitrogen and oxygen atoms in total. The fourth-order valence-corrected chi connectivity index (χ4v) is 2.41. The fraction of sp³-hybridized carbons (Fsp3) is 0.267. The lowest BCUT2D eigenvalue weighted by Gasteiger charge is -2.10. The van der Waals surface area contributed by atoms with Crippen LogP contribution in [0.3, 0.4) is 0 Å². The van der Waals surface area contributed by atoms with Gasteiger partial charge in [0.15, 0.2) is 0 Å². The summed E-state index contributed by atoms with van der Waals surface area (Å²) in [6.45, 7) is 4.27. The molecule has 0 fully saturated rings. The Hall–Kier alpha value is -1.10. The zero-order chi connectivity index (χ0) is 14.4. The maximum atomic E-state index is 6.23. The second-order valence-electron chi connectivity index (χ2n) is 4.35. The van der Waals surface area contributed by atoms with Gasteiger partial charge in [-0.05, 0) is 46.2 Å². The van der Waals surface area contributed by atoms with Crippen molar-refractivity contribution in [2.45, 2.75) is 20.1 Å². The van der Waals surface area contributed by atoms with Gasteiger partial charge in [-0.15, -0.1) is 0 Å². The Bertz CT molecular complexity index is 578. The van der Waals surface area contributed by atoms with Crippen molar-refractivity contribution >= 4 is 27.5 Å². The molecule has 0 saturated carbocycles. The van der Waals surface area contributed by atoms with E-state index >= 15 is 0 Å². The number of benzene rings is 1. The fourth-order valence-electron chi connectivity index (χ4n) is 1.74. The third-order valence-corrected chi connectivity index (χ3v) is 3.46. The van der Waals surface area contributed by atoms with Crippen LogP contribution in [0.2, 0.25) is 5.02 Å². The Morgan fingerprint density at radius 1 is 1.25 bits per heavy atom. The molecule has 106 valence electrons. The lowest BCUT2D eigenvalue weighted by Crippen LogP contribution is -2.11. The van der Waals surface area contributed by atoms with E-state index in [4.69, 9.17) is 16.3 Å². The van der Waals surface area contributed by atoms with Crippen molar-refractivity contribution in [2.75, 3.05) is 6.54 Å². The number of hydrogen-bond donors (Lipinski definition) is 1. The van der Waals surface area contributed by atoms with Gasteiger partial charge in [0.2, 0.25) is 0 Å². The first-order valence-corrected chi connectivity index (χ1v) is 7.57. The van der Waals surface area contributed by atoms with Crippen LogP contribution in [0.15, 0.2) is 41.1 Å². The van der Waals surface area contributed by atoms with Crippen molar-refractivity contribution in [1.82, 2.24) is 10.3 Å². The van der Waals surface area contributed by atoms with Gasteiger partial charge in [0, 0.05) is 29.0 Å². The summed E-state index contributed by atoms with van der Waals surface area (Å²) in [4.78, 5) is 4.10. The molecule has 0 atom stereocenters. The molecule has 1 aromatic heterocycles. The lowest BCUT2D eigenvalue weighted by molar-refractivity contribution is 0.306. The van der Waals surface area contributed by atoms with Gasteiger partial charge in [-0.2, -0.15) is 0 Å². The van der Waals surface area contributed by atoms with E-state index in [1.54, 1.807) is 12.4 Å². The van der Waals surface area contributed by atoms with Gasteiger partial charge in [0.05, 0.1) is 5.02 Å². The van der Waals surface area contributed by atoms with E-state index in [-0.39, 0.29) is 0 Å². The number of hydrogen-bond acceptors (Lipinski definition) is 3. The summed E-state index contributed by atoms with van der Waals surface area (Å²) in [7, 11) is 0. The third kappa shape index (κ3) is 4.47. The van der Waals surface area contributed by atoms with E-state index in [1.807, 2.05) is 24.3 Å². The van der Waals surface area contributed by atoms with E-state index in [0.717, 1.165) is 28.7 Å². The molecular formula is C15H16BrClN2O. The summed E-state index contributed by atoms with van der Waals surface area (Å²) < 4.78 is 6.66. The van der Waals surface area contributed by atoms with Gasteiger partial charge in [-0.1, -0.05) is 24.6 Å². The zero-order valence-electron chi connectivity index (χ0n) is 11.2. The molecule has 20 heavy (non-hydrogen) atoms. The van der Waals surface area contributed by atoms with Crippen molar-refractivity contribution in [2.24, 2.45) is 0 Å². The average molecular weight is 356 g/mol. The Kier molecular flexibility index (Phi) is 5.83. The Morgan fingerprint density at radius 2 is 2.10 bits per heavy atom. The Morgan fingerprint density at radius 3 is 2.80 bits per heavy atom. The summed E-state index contributed by atoms with van der Waals surface area (Å²) in [6, 6.07) is 7.82. The highest BCUT2D eigenvalue weighted by Crippen LogP contribution is 2.26. The van der Waals surface area contributed by atoms with Crippen LogP contribution in [-0.2, 0) is 13.2 Å². The van der Waals surface area contributed by atoms with Crippen molar-refractivity contribution in [1.29, 1.82) is 0 Å². The van der Waals surface area contributed by atoms with Crippen LogP contribution < -0.4 is 10.1 Å². The maximum Gasteiger partial charge on any atom is 0.138 e. The minimum Gasteiger partial charge on any atom is -0.487 e. The van der Waals surface area contributed by atoms with Crippen molar-refractivity contribution in [3.05, 3.63) is 57.3 Å². The van der Waals surface area contributed by atoms with E-state index in [2.05, 4.69) is 33.2 Å². The summed E-state index contributed by atoms with van der Waals surface area (Å²) in [5, 5.41) is 3.89. The molecule has 0 aliphatic rings. The number of halogens is 2. The van der Waals surface area contributed by atoms with Crippen LogP contribution in [-0.4, -0.2) is 11.5 Å². The number of pyridine rings is 1. The smallest absolute Gasteiger partial charge is 0.138 e. The van der Waals surface area contributed by atoms with Gasteiger partial charge in [-0.25, -0.2) is 0 Å². The number of nitrogens with zero attached hydrogens (tertiary/aromatic N) is 1. The summed E-state index contributed by atoms with van der Waals surface area (Å²) in [6.07, 6.45) is 3.52.